The van der Waals surface area contributed by atoms with Gasteiger partial charge in [0.1, 0.15) is 16.4 Å². The van der Waals surface area contributed by atoms with Crippen molar-refractivity contribution in [1.29, 1.82) is 0 Å². The summed E-state index contributed by atoms with van der Waals surface area (Å²) < 4.78 is 38.7. The van der Waals surface area contributed by atoms with Gasteiger partial charge in [-0.05, 0) is 30.7 Å². The van der Waals surface area contributed by atoms with Crippen LogP contribution in [0.5, 0.6) is 11.5 Å². The van der Waals surface area contributed by atoms with Crippen LogP contribution >= 0.6 is 0 Å². The molecule has 1 aliphatic carbocycles. The smallest absolute Gasteiger partial charge is 0.298 e. The fraction of sp³-hybridized carbons (Fsp3) is 0.0476. The number of hydrogen-bond acceptors (Lipinski definition) is 5. The predicted molar refractivity (Wildman–Crippen MR) is 101 cm³/mol. The van der Waals surface area contributed by atoms with E-state index in [2.05, 4.69) is 0 Å². The average Bonchev–Trinajstić information content (AvgIpc) is 2.66. The lowest BCUT2D eigenvalue weighted by Gasteiger charge is -2.20. The highest BCUT2D eigenvalue weighted by atomic mass is 32.2. The molecule has 1 N–H and O–H groups in total. The molecule has 0 fully saturated rings. The van der Waals surface area contributed by atoms with Crippen molar-refractivity contribution >= 4 is 21.7 Å². The molecule has 0 amide bonds. The molecule has 140 valence electrons. The number of carbonyl (C=O) groups excluding carboxylic acids is 2. The summed E-state index contributed by atoms with van der Waals surface area (Å²) in [7, 11) is -4.55. The molecule has 7 heteroatoms. The quantitative estimate of drug-likeness (QED) is 0.531. The summed E-state index contributed by atoms with van der Waals surface area (Å²) >= 11 is 0. The minimum Gasteiger partial charge on any atom is -0.455 e. The molecule has 0 saturated heterocycles. The first-order valence-corrected chi connectivity index (χ1v) is 9.79. The van der Waals surface area contributed by atoms with Crippen LogP contribution in [-0.4, -0.2) is 24.5 Å². The molecule has 0 bridgehead atoms. The van der Waals surface area contributed by atoms with E-state index in [9.17, 15) is 22.6 Å². The normalized spacial score (nSPS) is 13.1. The topological polar surface area (TPSA) is 97.7 Å². The Morgan fingerprint density at radius 1 is 0.786 bits per heavy atom. The summed E-state index contributed by atoms with van der Waals surface area (Å²) in [5, 5.41) is 0. The van der Waals surface area contributed by atoms with Gasteiger partial charge in [0.25, 0.3) is 10.1 Å². The minimum absolute atomic E-state index is 0.0408. The molecule has 3 aromatic carbocycles. The van der Waals surface area contributed by atoms with E-state index in [1.807, 2.05) is 0 Å². The number of aryl methyl sites for hydroxylation is 1. The van der Waals surface area contributed by atoms with E-state index in [0.717, 1.165) is 0 Å². The van der Waals surface area contributed by atoms with Gasteiger partial charge in [-0.2, -0.15) is 8.42 Å². The highest BCUT2D eigenvalue weighted by molar-refractivity contribution is 7.86. The fourth-order valence-corrected chi connectivity index (χ4v) is 3.92. The first-order chi connectivity index (χ1) is 13.3. The van der Waals surface area contributed by atoms with Gasteiger partial charge in [-0.3, -0.25) is 14.1 Å². The summed E-state index contributed by atoms with van der Waals surface area (Å²) in [6, 6.07) is 15.3. The van der Waals surface area contributed by atoms with Crippen LogP contribution in [0.25, 0.3) is 0 Å². The second kappa shape index (κ2) is 6.40. The highest BCUT2D eigenvalue weighted by Gasteiger charge is 2.32. The van der Waals surface area contributed by atoms with E-state index in [-0.39, 0.29) is 39.8 Å². The van der Waals surface area contributed by atoms with Crippen LogP contribution in [-0.2, 0) is 10.1 Å². The van der Waals surface area contributed by atoms with E-state index in [4.69, 9.17) is 4.74 Å². The van der Waals surface area contributed by atoms with Gasteiger partial charge in [0.2, 0.25) is 0 Å². The van der Waals surface area contributed by atoms with Gasteiger partial charge in [0.05, 0.1) is 5.56 Å². The van der Waals surface area contributed by atoms with E-state index >= 15 is 0 Å². The largest absolute Gasteiger partial charge is 0.455 e. The summed E-state index contributed by atoms with van der Waals surface area (Å²) in [4.78, 5) is 25.4. The number of hydrogen-bond donors (Lipinski definition) is 1. The van der Waals surface area contributed by atoms with Gasteiger partial charge < -0.3 is 4.74 Å². The Kier molecular flexibility index (Phi) is 4.14. The molecule has 1 aliphatic rings. The third-order valence-electron chi connectivity index (χ3n) is 4.51. The number of ketones is 2. The van der Waals surface area contributed by atoms with Crippen molar-refractivity contribution in [3.8, 4) is 11.5 Å². The second-order valence-electron chi connectivity index (χ2n) is 6.41. The van der Waals surface area contributed by atoms with Crippen molar-refractivity contribution in [2.75, 3.05) is 0 Å². The third-order valence-corrected chi connectivity index (χ3v) is 5.39. The van der Waals surface area contributed by atoms with Crippen molar-refractivity contribution in [3.05, 3.63) is 88.5 Å². The lowest BCUT2D eigenvalue weighted by atomic mass is 9.83. The van der Waals surface area contributed by atoms with Crippen LogP contribution in [0, 0.1) is 6.92 Å². The van der Waals surface area contributed by atoms with Crippen molar-refractivity contribution in [2.24, 2.45) is 0 Å². The number of fused-ring (bicyclic) bond motifs is 2. The molecule has 0 aliphatic heterocycles. The first-order valence-electron chi connectivity index (χ1n) is 8.35. The second-order valence-corrected chi connectivity index (χ2v) is 7.80. The number of carbonyl (C=O) groups is 2. The van der Waals surface area contributed by atoms with Gasteiger partial charge in [-0.1, -0.05) is 42.5 Å². The number of benzene rings is 3. The highest BCUT2D eigenvalue weighted by Crippen LogP contribution is 2.37. The molecule has 0 radical (unpaired) electrons. The molecule has 6 nitrogen and oxygen atoms in total. The molecule has 0 spiro atoms. The lowest BCUT2D eigenvalue weighted by molar-refractivity contribution is 0.0977. The Morgan fingerprint density at radius 3 is 2.11 bits per heavy atom. The zero-order chi connectivity index (χ0) is 20.1. The van der Waals surface area contributed by atoms with Crippen LogP contribution < -0.4 is 4.74 Å². The Balaban J connectivity index is 1.88. The van der Waals surface area contributed by atoms with Gasteiger partial charge in [-0.25, -0.2) is 0 Å². The molecule has 0 atom stereocenters. The lowest BCUT2D eigenvalue weighted by Crippen LogP contribution is -2.21. The Bertz CT molecular complexity index is 1260. The van der Waals surface area contributed by atoms with Crippen LogP contribution in [0.2, 0.25) is 0 Å². The first kappa shape index (κ1) is 18.1. The van der Waals surface area contributed by atoms with Crippen molar-refractivity contribution in [3.63, 3.8) is 0 Å². The number of ether oxygens (including phenoxy) is 1. The van der Waals surface area contributed by atoms with Gasteiger partial charge in [0.15, 0.2) is 11.6 Å². The molecule has 0 unspecified atom stereocenters. The van der Waals surface area contributed by atoms with Crippen LogP contribution in [0.15, 0.2) is 65.6 Å². The van der Waals surface area contributed by atoms with Crippen molar-refractivity contribution < 1.29 is 27.3 Å². The monoisotopic (exact) mass is 394 g/mol. The Labute approximate surface area is 161 Å². The summed E-state index contributed by atoms with van der Waals surface area (Å²) in [5.74, 6) is -0.796. The van der Waals surface area contributed by atoms with Gasteiger partial charge in [0, 0.05) is 16.7 Å². The molecule has 0 aromatic heterocycles. The molecular formula is C21H14O6S. The maximum Gasteiger partial charge on any atom is 0.298 e. The third kappa shape index (κ3) is 2.90. The van der Waals surface area contributed by atoms with E-state index in [1.54, 1.807) is 43.3 Å². The molecule has 28 heavy (non-hydrogen) atoms. The maximum atomic E-state index is 13.0. The Hall–Kier alpha value is -3.29. The molecule has 0 heterocycles. The maximum absolute atomic E-state index is 13.0. The van der Waals surface area contributed by atoms with E-state index in [0.29, 0.717) is 11.1 Å². The zero-order valence-electron chi connectivity index (χ0n) is 14.7. The van der Waals surface area contributed by atoms with Crippen LogP contribution in [0.1, 0.15) is 37.4 Å². The minimum atomic E-state index is -4.55. The van der Waals surface area contributed by atoms with Crippen molar-refractivity contribution in [1.82, 2.24) is 0 Å². The van der Waals surface area contributed by atoms with Crippen LogP contribution in [0.4, 0.5) is 0 Å². The summed E-state index contributed by atoms with van der Waals surface area (Å²) in [5.41, 5.74) is 1.42. The SMILES string of the molecule is Cc1ccc(Oc2cccc3c2C(=O)c2ccccc2C3=O)c(S(=O)(=O)O)c1. The van der Waals surface area contributed by atoms with Gasteiger partial charge >= 0.3 is 0 Å². The standard InChI is InChI=1S/C21H14O6S/c1-12-9-10-16(18(11-12)28(24,25)26)27-17-8-4-7-15-19(17)21(23)14-6-3-2-5-13(14)20(15)22/h2-11H,1H3,(H,24,25,26). The van der Waals surface area contributed by atoms with Crippen molar-refractivity contribution in [2.45, 2.75) is 11.8 Å². The zero-order valence-corrected chi connectivity index (χ0v) is 15.5. The average molecular weight is 394 g/mol. The van der Waals surface area contributed by atoms with Gasteiger partial charge in [-0.15, -0.1) is 0 Å². The summed E-state index contributed by atoms with van der Waals surface area (Å²) in [6.45, 7) is 1.67. The molecule has 4 rings (SSSR count). The Morgan fingerprint density at radius 2 is 1.43 bits per heavy atom. The fourth-order valence-electron chi connectivity index (χ4n) is 3.22. The van der Waals surface area contributed by atoms with Crippen LogP contribution in [0.3, 0.4) is 0 Å². The van der Waals surface area contributed by atoms with E-state index < -0.39 is 15.0 Å². The molecule has 0 saturated carbocycles. The molecule has 3 aromatic rings. The summed E-state index contributed by atoms with van der Waals surface area (Å²) in [6.07, 6.45) is 0. The van der Waals surface area contributed by atoms with E-state index in [1.165, 1.54) is 24.3 Å². The number of rotatable bonds is 3. The predicted octanol–water partition coefficient (Wildman–Crippen LogP) is 3.81. The molecular weight excluding hydrogens is 380 g/mol.